The van der Waals surface area contributed by atoms with Crippen molar-refractivity contribution in [2.24, 2.45) is 11.8 Å². The van der Waals surface area contributed by atoms with Crippen LogP contribution in [0, 0.1) is 11.8 Å². The molecule has 2 aromatic heterocycles. The van der Waals surface area contributed by atoms with Crippen LogP contribution in [0.5, 0.6) is 0 Å². The van der Waals surface area contributed by atoms with Crippen molar-refractivity contribution in [3.05, 3.63) is 23.5 Å². The molecule has 0 saturated carbocycles. The third-order valence-electron chi connectivity index (χ3n) is 6.49. The zero-order valence-corrected chi connectivity index (χ0v) is 18.0. The van der Waals surface area contributed by atoms with Crippen molar-refractivity contribution in [2.75, 3.05) is 44.7 Å². The second-order valence-electron chi connectivity index (χ2n) is 8.60. The van der Waals surface area contributed by atoms with E-state index in [2.05, 4.69) is 29.2 Å². The molecule has 29 heavy (non-hydrogen) atoms. The lowest BCUT2D eigenvalue weighted by molar-refractivity contribution is -0.135. The van der Waals surface area contributed by atoms with Gasteiger partial charge in [-0.2, -0.15) is 9.61 Å². The molecule has 1 saturated heterocycles. The number of nitrogens with one attached hydrogen (secondary N) is 1. The summed E-state index contributed by atoms with van der Waals surface area (Å²) in [5, 5.41) is 8.00. The van der Waals surface area contributed by atoms with E-state index in [1.165, 1.54) is 24.1 Å². The van der Waals surface area contributed by atoms with Gasteiger partial charge < -0.3 is 15.1 Å². The number of fused-ring (bicyclic) bond motifs is 2. The Morgan fingerprint density at radius 3 is 2.86 bits per heavy atom. The molecule has 2 aliphatic heterocycles. The zero-order chi connectivity index (χ0) is 20.4. The van der Waals surface area contributed by atoms with Gasteiger partial charge in [-0.3, -0.25) is 4.79 Å². The maximum absolute atomic E-state index is 13.0. The van der Waals surface area contributed by atoms with Gasteiger partial charge in [-0.05, 0) is 25.3 Å². The predicted molar refractivity (Wildman–Crippen MR) is 115 cm³/mol. The summed E-state index contributed by atoms with van der Waals surface area (Å²) < 4.78 is 1.96. The summed E-state index contributed by atoms with van der Waals surface area (Å²) in [6.07, 6.45) is 7.23. The van der Waals surface area contributed by atoms with E-state index in [4.69, 9.17) is 4.98 Å². The maximum Gasteiger partial charge on any atom is 0.229 e. The summed E-state index contributed by atoms with van der Waals surface area (Å²) in [7, 11) is 1.97. The first-order valence-corrected chi connectivity index (χ1v) is 11.2. The molecule has 4 heterocycles. The van der Waals surface area contributed by atoms with E-state index in [1.54, 1.807) is 0 Å². The Bertz CT molecular complexity index is 856. The average molecular weight is 399 g/mol. The number of carbonyl (C=O) groups excluding carboxylic acids is 1. The van der Waals surface area contributed by atoms with Crippen LogP contribution < -0.4 is 10.2 Å². The van der Waals surface area contributed by atoms with E-state index >= 15 is 0 Å². The van der Waals surface area contributed by atoms with Gasteiger partial charge in [-0.1, -0.05) is 26.7 Å². The number of hydrogen-bond acceptors (Lipinski definition) is 5. The highest BCUT2D eigenvalue weighted by Gasteiger charge is 2.37. The van der Waals surface area contributed by atoms with Crippen molar-refractivity contribution in [2.45, 2.75) is 46.0 Å². The minimum atomic E-state index is 0.0810. The van der Waals surface area contributed by atoms with Gasteiger partial charge in [-0.25, -0.2) is 4.98 Å². The molecule has 4 rings (SSSR count). The normalized spacial score (nSPS) is 18.2. The van der Waals surface area contributed by atoms with E-state index in [0.717, 1.165) is 63.5 Å². The second kappa shape index (κ2) is 8.69. The smallest absolute Gasteiger partial charge is 0.229 e. The first kappa shape index (κ1) is 20.1. The zero-order valence-electron chi connectivity index (χ0n) is 18.0. The Hall–Kier alpha value is -2.15. The number of hydrogen-bond donors (Lipinski definition) is 1. The topological polar surface area (TPSA) is 65.8 Å². The Labute approximate surface area is 173 Å². The highest BCUT2D eigenvalue weighted by Crippen LogP contribution is 2.32. The summed E-state index contributed by atoms with van der Waals surface area (Å²) in [5.41, 5.74) is 3.37. The molecular formula is C22H34N6O. The minimum absolute atomic E-state index is 0.0810. The molecule has 7 heteroatoms. The Kier molecular flexibility index (Phi) is 6.04. The molecular weight excluding hydrogens is 364 g/mol. The largest absolute Gasteiger partial charge is 0.354 e. The van der Waals surface area contributed by atoms with Gasteiger partial charge in [0.05, 0.1) is 17.8 Å². The van der Waals surface area contributed by atoms with E-state index in [-0.39, 0.29) is 11.8 Å². The third-order valence-corrected chi connectivity index (χ3v) is 6.49. The summed E-state index contributed by atoms with van der Waals surface area (Å²) in [4.78, 5) is 22.1. The van der Waals surface area contributed by atoms with Crippen molar-refractivity contribution >= 4 is 17.4 Å². The standard InChI is InChI=1S/C22H34N6O/c1-4-6-16(5-2)13-26(3)22(29)17-14-27(15-17)21-18-7-10-23-11-8-19(18)25-20-9-12-24-28(20)21/h9,12,16-17,23H,4-8,10-11,13-15H2,1-3H3. The third kappa shape index (κ3) is 3.97. The molecule has 0 radical (unpaired) electrons. The highest BCUT2D eigenvalue weighted by molar-refractivity contribution is 5.82. The summed E-state index contributed by atoms with van der Waals surface area (Å²) in [5.74, 6) is 2.12. The molecule has 158 valence electrons. The van der Waals surface area contributed by atoms with Crippen LogP contribution in [0.15, 0.2) is 12.3 Å². The summed E-state index contributed by atoms with van der Waals surface area (Å²) >= 11 is 0. The average Bonchev–Trinajstić information content (AvgIpc) is 3.02. The van der Waals surface area contributed by atoms with Gasteiger partial charge in [0.1, 0.15) is 5.82 Å². The van der Waals surface area contributed by atoms with Gasteiger partial charge in [-0.15, -0.1) is 0 Å². The fourth-order valence-corrected chi connectivity index (χ4v) is 4.77. The lowest BCUT2D eigenvalue weighted by Crippen LogP contribution is -2.55. The number of rotatable bonds is 7. The van der Waals surface area contributed by atoms with Crippen molar-refractivity contribution in [1.29, 1.82) is 0 Å². The van der Waals surface area contributed by atoms with E-state index in [1.807, 2.05) is 28.7 Å². The van der Waals surface area contributed by atoms with Crippen molar-refractivity contribution < 1.29 is 4.79 Å². The summed E-state index contributed by atoms with van der Waals surface area (Å²) in [6.45, 7) is 8.79. The number of amides is 1. The molecule has 7 nitrogen and oxygen atoms in total. The number of anilines is 1. The first-order valence-electron chi connectivity index (χ1n) is 11.2. The highest BCUT2D eigenvalue weighted by atomic mass is 16.2. The van der Waals surface area contributed by atoms with Crippen LogP contribution in [0.3, 0.4) is 0 Å². The lowest BCUT2D eigenvalue weighted by atomic mass is 9.95. The van der Waals surface area contributed by atoms with Crippen LogP contribution in [0.4, 0.5) is 5.82 Å². The Balaban J connectivity index is 1.48. The minimum Gasteiger partial charge on any atom is -0.354 e. The Morgan fingerprint density at radius 1 is 1.31 bits per heavy atom. The van der Waals surface area contributed by atoms with Crippen LogP contribution in [0.25, 0.3) is 5.65 Å². The molecule has 1 fully saturated rings. The first-order chi connectivity index (χ1) is 14.1. The SMILES string of the molecule is CCCC(CC)CN(C)C(=O)C1CN(c2c3c(nc4ccnn24)CCNCC3)C1. The molecule has 1 atom stereocenters. The van der Waals surface area contributed by atoms with Crippen LogP contribution in [0.2, 0.25) is 0 Å². The fraction of sp³-hybridized carbons (Fsp3) is 0.682. The van der Waals surface area contributed by atoms with E-state index < -0.39 is 0 Å². The van der Waals surface area contributed by atoms with Gasteiger partial charge in [0, 0.05) is 51.3 Å². The molecule has 1 amide bonds. The monoisotopic (exact) mass is 398 g/mol. The predicted octanol–water partition coefficient (Wildman–Crippen LogP) is 2.14. The molecule has 1 N–H and O–H groups in total. The van der Waals surface area contributed by atoms with Crippen molar-refractivity contribution in [3.8, 4) is 0 Å². The maximum atomic E-state index is 13.0. The van der Waals surface area contributed by atoms with Crippen molar-refractivity contribution in [3.63, 3.8) is 0 Å². The number of aromatic nitrogens is 3. The summed E-state index contributed by atoms with van der Waals surface area (Å²) in [6, 6.07) is 1.97. The van der Waals surface area contributed by atoms with E-state index in [9.17, 15) is 4.79 Å². The van der Waals surface area contributed by atoms with Gasteiger partial charge in [0.15, 0.2) is 5.65 Å². The van der Waals surface area contributed by atoms with Crippen LogP contribution in [-0.2, 0) is 17.6 Å². The van der Waals surface area contributed by atoms with Gasteiger partial charge in [0.2, 0.25) is 5.91 Å². The molecule has 0 aliphatic carbocycles. The van der Waals surface area contributed by atoms with Crippen molar-refractivity contribution in [1.82, 2.24) is 24.8 Å². The van der Waals surface area contributed by atoms with Gasteiger partial charge in [0.25, 0.3) is 0 Å². The molecule has 0 spiro atoms. The number of nitrogens with zero attached hydrogens (tertiary/aromatic N) is 5. The van der Waals surface area contributed by atoms with Gasteiger partial charge >= 0.3 is 0 Å². The van der Waals surface area contributed by atoms with Crippen LogP contribution in [0.1, 0.15) is 44.4 Å². The quantitative estimate of drug-likeness (QED) is 0.774. The molecule has 0 aromatic carbocycles. The molecule has 2 aliphatic rings. The van der Waals surface area contributed by atoms with Crippen LogP contribution in [-0.4, -0.2) is 65.2 Å². The lowest BCUT2D eigenvalue weighted by Gasteiger charge is -2.42. The Morgan fingerprint density at radius 2 is 2.10 bits per heavy atom. The molecule has 2 aromatic rings. The molecule has 0 bridgehead atoms. The van der Waals surface area contributed by atoms with E-state index in [0.29, 0.717) is 5.92 Å². The number of carbonyl (C=O) groups is 1. The second-order valence-corrected chi connectivity index (χ2v) is 8.60. The molecule has 1 unspecified atom stereocenters. The van der Waals surface area contributed by atoms with Crippen LogP contribution >= 0.6 is 0 Å². The fourth-order valence-electron chi connectivity index (χ4n) is 4.77.